The fourth-order valence-electron chi connectivity index (χ4n) is 2.29. The Morgan fingerprint density at radius 1 is 1.37 bits per heavy atom. The van der Waals surface area contributed by atoms with Crippen molar-refractivity contribution in [3.05, 3.63) is 29.6 Å². The van der Waals surface area contributed by atoms with Crippen molar-refractivity contribution in [1.82, 2.24) is 10.1 Å². The molecule has 0 amide bonds. The number of aromatic hydroxyl groups is 1. The molecule has 0 spiro atoms. The topological polar surface area (TPSA) is 68.4 Å². The molecule has 19 heavy (non-hydrogen) atoms. The molecule has 100 valence electrons. The van der Waals surface area contributed by atoms with Crippen molar-refractivity contribution in [3.8, 4) is 17.2 Å². The van der Waals surface area contributed by atoms with Gasteiger partial charge in [-0.1, -0.05) is 11.2 Å². The number of aryl methyl sites for hydroxylation is 1. The van der Waals surface area contributed by atoms with Crippen LogP contribution in [-0.2, 0) is 10.3 Å². The highest BCUT2D eigenvalue weighted by Gasteiger charge is 2.43. The van der Waals surface area contributed by atoms with E-state index in [1.165, 1.54) is 0 Å². The smallest absolute Gasteiger partial charge is 0.258 e. The minimum atomic E-state index is -0.380. The number of benzene rings is 1. The third-order valence-corrected chi connectivity index (χ3v) is 3.84. The summed E-state index contributed by atoms with van der Waals surface area (Å²) in [5.41, 5.74) is 1.15. The Kier molecular flexibility index (Phi) is 2.78. The standard InChI is InChI=1S/C14H16N2O3/c1-9-4-5-10(8-11(9)17)12-15-13(16-19-12)14(18-2)6-3-7-14/h4-5,8,17H,3,6-7H2,1-2H3. The van der Waals surface area contributed by atoms with Gasteiger partial charge in [0.15, 0.2) is 0 Å². The van der Waals surface area contributed by atoms with Crippen LogP contribution in [0, 0.1) is 6.92 Å². The van der Waals surface area contributed by atoms with Gasteiger partial charge < -0.3 is 14.4 Å². The van der Waals surface area contributed by atoms with E-state index >= 15 is 0 Å². The first kappa shape index (κ1) is 12.2. The van der Waals surface area contributed by atoms with Gasteiger partial charge >= 0.3 is 0 Å². The van der Waals surface area contributed by atoms with Crippen molar-refractivity contribution in [2.45, 2.75) is 31.8 Å². The summed E-state index contributed by atoms with van der Waals surface area (Å²) in [6.07, 6.45) is 2.95. The lowest BCUT2D eigenvalue weighted by atomic mass is 9.79. The van der Waals surface area contributed by atoms with E-state index in [9.17, 15) is 5.11 Å². The van der Waals surface area contributed by atoms with E-state index in [2.05, 4.69) is 10.1 Å². The second-order valence-corrected chi connectivity index (χ2v) is 4.98. The summed E-state index contributed by atoms with van der Waals surface area (Å²) >= 11 is 0. The zero-order valence-corrected chi connectivity index (χ0v) is 11.0. The Hall–Kier alpha value is -1.88. The monoisotopic (exact) mass is 260 g/mol. The summed E-state index contributed by atoms with van der Waals surface area (Å²) in [6, 6.07) is 5.31. The van der Waals surface area contributed by atoms with Crippen LogP contribution >= 0.6 is 0 Å². The maximum absolute atomic E-state index is 9.72. The van der Waals surface area contributed by atoms with Gasteiger partial charge in [-0.25, -0.2) is 0 Å². The van der Waals surface area contributed by atoms with Crippen molar-refractivity contribution >= 4 is 0 Å². The summed E-state index contributed by atoms with van der Waals surface area (Å²) in [5.74, 6) is 1.23. The van der Waals surface area contributed by atoms with Crippen LogP contribution in [0.2, 0.25) is 0 Å². The molecule has 1 fully saturated rings. The highest BCUT2D eigenvalue weighted by Crippen LogP contribution is 2.43. The van der Waals surface area contributed by atoms with Gasteiger partial charge in [0, 0.05) is 12.7 Å². The zero-order chi connectivity index (χ0) is 13.5. The highest BCUT2D eigenvalue weighted by atomic mass is 16.5. The lowest BCUT2D eigenvalue weighted by molar-refractivity contribution is -0.0858. The largest absolute Gasteiger partial charge is 0.508 e. The predicted molar refractivity (Wildman–Crippen MR) is 68.7 cm³/mol. The van der Waals surface area contributed by atoms with E-state index < -0.39 is 0 Å². The number of phenolic OH excluding ortho intramolecular Hbond substituents is 1. The zero-order valence-electron chi connectivity index (χ0n) is 11.0. The lowest BCUT2D eigenvalue weighted by Gasteiger charge is -2.37. The summed E-state index contributed by atoms with van der Waals surface area (Å²) in [4.78, 5) is 4.40. The van der Waals surface area contributed by atoms with Crippen LogP contribution in [0.1, 0.15) is 30.7 Å². The van der Waals surface area contributed by atoms with Crippen molar-refractivity contribution in [1.29, 1.82) is 0 Å². The molecule has 1 aliphatic carbocycles. The summed E-state index contributed by atoms with van der Waals surface area (Å²) in [7, 11) is 1.67. The van der Waals surface area contributed by atoms with Gasteiger partial charge in [0.25, 0.3) is 5.89 Å². The van der Waals surface area contributed by atoms with E-state index in [-0.39, 0.29) is 11.4 Å². The third kappa shape index (κ3) is 1.90. The molecule has 0 atom stereocenters. The van der Waals surface area contributed by atoms with E-state index in [4.69, 9.17) is 9.26 Å². The molecule has 1 aliphatic rings. The van der Waals surface area contributed by atoms with Crippen LogP contribution in [0.5, 0.6) is 5.75 Å². The Labute approximate surface area is 111 Å². The van der Waals surface area contributed by atoms with Gasteiger partial charge in [-0.15, -0.1) is 0 Å². The molecule has 2 aromatic rings. The molecule has 1 N–H and O–H groups in total. The first-order valence-electron chi connectivity index (χ1n) is 6.34. The van der Waals surface area contributed by atoms with Gasteiger partial charge in [0.05, 0.1) is 0 Å². The minimum absolute atomic E-state index is 0.224. The summed E-state index contributed by atoms with van der Waals surface area (Å²) in [5, 5.41) is 13.7. The van der Waals surface area contributed by atoms with Crippen LogP contribution in [0.25, 0.3) is 11.5 Å². The average molecular weight is 260 g/mol. The van der Waals surface area contributed by atoms with Crippen molar-refractivity contribution < 1.29 is 14.4 Å². The first-order chi connectivity index (χ1) is 9.14. The molecule has 1 saturated carbocycles. The lowest BCUT2D eigenvalue weighted by Crippen LogP contribution is -2.37. The van der Waals surface area contributed by atoms with Crippen LogP contribution in [-0.4, -0.2) is 22.4 Å². The van der Waals surface area contributed by atoms with E-state index in [1.54, 1.807) is 13.2 Å². The van der Waals surface area contributed by atoms with Crippen LogP contribution < -0.4 is 0 Å². The molecule has 5 heteroatoms. The van der Waals surface area contributed by atoms with Gasteiger partial charge in [-0.3, -0.25) is 0 Å². The molecule has 1 heterocycles. The molecule has 1 aromatic carbocycles. The maximum Gasteiger partial charge on any atom is 0.258 e. The van der Waals surface area contributed by atoms with Crippen molar-refractivity contribution in [2.75, 3.05) is 7.11 Å². The van der Waals surface area contributed by atoms with Gasteiger partial charge in [0.2, 0.25) is 5.82 Å². The van der Waals surface area contributed by atoms with E-state index in [0.29, 0.717) is 17.3 Å². The average Bonchev–Trinajstić information content (AvgIpc) is 2.82. The highest BCUT2D eigenvalue weighted by molar-refractivity contribution is 5.57. The number of ether oxygens (including phenoxy) is 1. The molecule has 5 nitrogen and oxygen atoms in total. The number of nitrogens with zero attached hydrogens (tertiary/aromatic N) is 2. The Morgan fingerprint density at radius 2 is 2.16 bits per heavy atom. The maximum atomic E-state index is 9.72. The number of methoxy groups -OCH3 is 1. The molecule has 3 rings (SSSR count). The SMILES string of the molecule is COC1(c2noc(-c3ccc(C)c(O)c3)n2)CCC1. The van der Waals surface area contributed by atoms with E-state index in [1.807, 2.05) is 19.1 Å². The van der Waals surface area contributed by atoms with Gasteiger partial charge in [-0.05, 0) is 43.9 Å². The Morgan fingerprint density at radius 3 is 2.74 bits per heavy atom. The number of aromatic nitrogens is 2. The summed E-state index contributed by atoms with van der Waals surface area (Å²) < 4.78 is 10.8. The second-order valence-electron chi connectivity index (χ2n) is 4.98. The molecular formula is C14H16N2O3. The van der Waals surface area contributed by atoms with E-state index in [0.717, 1.165) is 24.8 Å². The number of rotatable bonds is 3. The quantitative estimate of drug-likeness (QED) is 0.919. The Bertz CT molecular complexity index is 597. The van der Waals surface area contributed by atoms with Crippen LogP contribution in [0.3, 0.4) is 0 Å². The van der Waals surface area contributed by atoms with Crippen LogP contribution in [0.4, 0.5) is 0 Å². The molecule has 0 saturated heterocycles. The van der Waals surface area contributed by atoms with Gasteiger partial charge in [0.1, 0.15) is 11.4 Å². The van der Waals surface area contributed by atoms with Crippen molar-refractivity contribution in [2.24, 2.45) is 0 Å². The fourth-order valence-corrected chi connectivity index (χ4v) is 2.29. The second kappa shape index (κ2) is 4.35. The number of phenols is 1. The predicted octanol–water partition coefficient (Wildman–Crippen LogP) is 2.78. The number of hydrogen-bond acceptors (Lipinski definition) is 5. The third-order valence-electron chi connectivity index (χ3n) is 3.84. The molecule has 0 bridgehead atoms. The molecule has 0 aliphatic heterocycles. The molecular weight excluding hydrogens is 244 g/mol. The fraction of sp³-hybridized carbons (Fsp3) is 0.429. The number of hydrogen-bond donors (Lipinski definition) is 1. The normalized spacial score (nSPS) is 17.2. The summed E-state index contributed by atoms with van der Waals surface area (Å²) in [6.45, 7) is 1.84. The molecule has 0 radical (unpaired) electrons. The first-order valence-corrected chi connectivity index (χ1v) is 6.34. The Balaban J connectivity index is 1.94. The van der Waals surface area contributed by atoms with Crippen LogP contribution in [0.15, 0.2) is 22.7 Å². The van der Waals surface area contributed by atoms with Crippen molar-refractivity contribution in [3.63, 3.8) is 0 Å². The molecule has 0 unspecified atom stereocenters. The minimum Gasteiger partial charge on any atom is -0.508 e. The van der Waals surface area contributed by atoms with Gasteiger partial charge in [-0.2, -0.15) is 4.98 Å². The molecule has 1 aromatic heterocycles.